The summed E-state index contributed by atoms with van der Waals surface area (Å²) in [5.74, 6) is 0. The molecule has 0 spiro atoms. The van der Waals surface area contributed by atoms with E-state index in [1.54, 1.807) is 13.1 Å². The van der Waals surface area contributed by atoms with Crippen molar-refractivity contribution in [1.82, 2.24) is 4.31 Å². The van der Waals surface area contributed by atoms with Crippen molar-refractivity contribution in [3.63, 3.8) is 0 Å². The lowest BCUT2D eigenvalue weighted by atomic mass is 10.2. The molecule has 0 saturated carbocycles. The highest BCUT2D eigenvalue weighted by atomic mass is 79.9. The van der Waals surface area contributed by atoms with E-state index in [1.165, 1.54) is 15.6 Å². The maximum atomic E-state index is 12.2. The highest BCUT2D eigenvalue weighted by molar-refractivity contribution is 9.13. The van der Waals surface area contributed by atoms with E-state index in [1.807, 2.05) is 0 Å². The maximum Gasteiger partial charge on any atom is 0.252 e. The summed E-state index contributed by atoms with van der Waals surface area (Å²) in [6, 6.07) is 1.64. The average Bonchev–Trinajstić information content (AvgIpc) is 2.60. The normalized spacial score (nSPS) is 12.3. The van der Waals surface area contributed by atoms with E-state index in [4.69, 9.17) is 0 Å². The minimum absolute atomic E-state index is 0.371. The largest absolute Gasteiger partial charge is 0.252 e. The SMILES string of the molecule is CCCCCN(C)S(=O)(=O)c1cc(Br)c(Br)s1. The fourth-order valence-corrected chi connectivity index (χ4v) is 5.55. The molecule has 1 rings (SSSR count). The Labute approximate surface area is 124 Å². The fraction of sp³-hybridized carbons (Fsp3) is 0.600. The van der Waals surface area contributed by atoms with Crippen molar-refractivity contribution >= 4 is 53.2 Å². The first-order chi connectivity index (χ1) is 7.89. The third-order valence-corrected chi connectivity index (χ3v) is 7.93. The Bertz CT molecular complexity index is 451. The monoisotopic (exact) mass is 403 g/mol. The Morgan fingerprint density at radius 1 is 1.35 bits per heavy atom. The van der Waals surface area contributed by atoms with E-state index >= 15 is 0 Å². The molecule has 0 aromatic carbocycles. The molecule has 0 N–H and O–H groups in total. The molecule has 7 heteroatoms. The number of unbranched alkanes of at least 4 members (excludes halogenated alkanes) is 2. The van der Waals surface area contributed by atoms with Crippen molar-refractivity contribution < 1.29 is 8.42 Å². The van der Waals surface area contributed by atoms with Crippen LogP contribution in [0.3, 0.4) is 0 Å². The van der Waals surface area contributed by atoms with E-state index in [0.29, 0.717) is 10.8 Å². The third-order valence-electron chi connectivity index (χ3n) is 2.36. The van der Waals surface area contributed by atoms with E-state index in [2.05, 4.69) is 38.8 Å². The van der Waals surface area contributed by atoms with Crippen LogP contribution in [0.25, 0.3) is 0 Å². The second kappa shape index (κ2) is 6.65. The molecular weight excluding hydrogens is 390 g/mol. The molecule has 17 heavy (non-hydrogen) atoms. The highest BCUT2D eigenvalue weighted by Crippen LogP contribution is 2.35. The quantitative estimate of drug-likeness (QED) is 0.669. The van der Waals surface area contributed by atoms with E-state index in [-0.39, 0.29) is 0 Å². The van der Waals surface area contributed by atoms with Crippen molar-refractivity contribution in [3.05, 3.63) is 14.3 Å². The standard InChI is InChI=1S/C10H15Br2NO2S2/c1-3-4-5-6-13(2)17(14,15)9-7-8(11)10(12)16-9/h7H,3-6H2,1-2H3. The predicted octanol–water partition coefficient (Wildman–Crippen LogP) is 4.08. The molecule has 0 radical (unpaired) electrons. The summed E-state index contributed by atoms with van der Waals surface area (Å²) in [5, 5.41) is 0. The van der Waals surface area contributed by atoms with Crippen LogP contribution in [0.1, 0.15) is 26.2 Å². The molecule has 0 aliphatic carbocycles. The fourth-order valence-electron chi connectivity index (χ4n) is 1.31. The van der Waals surface area contributed by atoms with Crippen molar-refractivity contribution in [3.8, 4) is 0 Å². The number of nitrogens with zero attached hydrogens (tertiary/aromatic N) is 1. The Balaban J connectivity index is 2.80. The minimum atomic E-state index is -3.33. The van der Waals surface area contributed by atoms with Gasteiger partial charge in [-0.2, -0.15) is 0 Å². The van der Waals surface area contributed by atoms with Crippen LogP contribution < -0.4 is 0 Å². The van der Waals surface area contributed by atoms with Gasteiger partial charge in [-0.05, 0) is 44.3 Å². The molecule has 0 unspecified atom stereocenters. The average molecular weight is 405 g/mol. The lowest BCUT2D eigenvalue weighted by Gasteiger charge is -2.15. The lowest BCUT2D eigenvalue weighted by Crippen LogP contribution is -2.27. The smallest absolute Gasteiger partial charge is 0.206 e. The summed E-state index contributed by atoms with van der Waals surface area (Å²) >= 11 is 7.84. The summed E-state index contributed by atoms with van der Waals surface area (Å²) in [7, 11) is -1.70. The van der Waals surface area contributed by atoms with Gasteiger partial charge >= 0.3 is 0 Å². The van der Waals surface area contributed by atoms with Gasteiger partial charge in [0.05, 0.1) is 3.79 Å². The van der Waals surface area contributed by atoms with Gasteiger partial charge in [0.2, 0.25) is 0 Å². The van der Waals surface area contributed by atoms with Gasteiger partial charge in [0, 0.05) is 18.1 Å². The van der Waals surface area contributed by atoms with Gasteiger partial charge in [-0.1, -0.05) is 19.8 Å². The first-order valence-corrected chi connectivity index (χ1v) is 9.15. The van der Waals surface area contributed by atoms with Crippen LogP contribution in [0.5, 0.6) is 0 Å². The maximum absolute atomic E-state index is 12.2. The molecule has 0 bridgehead atoms. The number of thiophene rings is 1. The van der Waals surface area contributed by atoms with Crippen LogP contribution in [0.15, 0.2) is 18.5 Å². The van der Waals surface area contributed by atoms with Gasteiger partial charge in [-0.25, -0.2) is 12.7 Å². The Hall–Kier alpha value is 0.570. The topological polar surface area (TPSA) is 37.4 Å². The van der Waals surface area contributed by atoms with Gasteiger partial charge in [-0.3, -0.25) is 0 Å². The summed E-state index contributed by atoms with van der Waals surface area (Å²) in [6.45, 7) is 2.67. The van der Waals surface area contributed by atoms with Crippen molar-refractivity contribution in [2.75, 3.05) is 13.6 Å². The molecule has 1 aromatic rings. The van der Waals surface area contributed by atoms with Gasteiger partial charge < -0.3 is 0 Å². The summed E-state index contributed by atoms with van der Waals surface area (Å²) in [6.07, 6.45) is 3.04. The van der Waals surface area contributed by atoms with Crippen LogP contribution in [-0.2, 0) is 10.0 Å². The molecule has 98 valence electrons. The number of hydrogen-bond acceptors (Lipinski definition) is 3. The predicted molar refractivity (Wildman–Crippen MR) is 79.1 cm³/mol. The molecule has 0 aliphatic heterocycles. The van der Waals surface area contributed by atoms with Gasteiger partial charge in [0.15, 0.2) is 0 Å². The summed E-state index contributed by atoms with van der Waals surface area (Å²) in [4.78, 5) is 0. The highest BCUT2D eigenvalue weighted by Gasteiger charge is 2.23. The van der Waals surface area contributed by atoms with Crippen LogP contribution >= 0.6 is 43.2 Å². The van der Waals surface area contributed by atoms with Gasteiger partial charge in [-0.15, -0.1) is 11.3 Å². The zero-order valence-electron chi connectivity index (χ0n) is 9.74. The molecule has 1 aromatic heterocycles. The molecule has 0 fully saturated rings. The zero-order chi connectivity index (χ0) is 13.1. The van der Waals surface area contributed by atoms with E-state index in [0.717, 1.165) is 27.5 Å². The van der Waals surface area contributed by atoms with E-state index < -0.39 is 10.0 Å². The van der Waals surface area contributed by atoms with Crippen molar-refractivity contribution in [2.24, 2.45) is 0 Å². The molecule has 0 saturated heterocycles. The van der Waals surface area contributed by atoms with Gasteiger partial charge in [0.25, 0.3) is 10.0 Å². The molecule has 0 amide bonds. The molecular formula is C10H15Br2NO2S2. The number of hydrogen-bond donors (Lipinski definition) is 0. The number of halogens is 2. The van der Waals surface area contributed by atoms with Crippen LogP contribution in [0, 0.1) is 0 Å². The molecule has 1 heterocycles. The second-order valence-electron chi connectivity index (χ2n) is 3.72. The van der Waals surface area contributed by atoms with Crippen LogP contribution in [0.2, 0.25) is 0 Å². The molecule has 3 nitrogen and oxygen atoms in total. The van der Waals surface area contributed by atoms with Crippen LogP contribution in [0.4, 0.5) is 0 Å². The lowest BCUT2D eigenvalue weighted by molar-refractivity contribution is 0.455. The Morgan fingerprint density at radius 3 is 2.47 bits per heavy atom. The number of rotatable bonds is 6. The third kappa shape index (κ3) is 4.02. The molecule has 0 atom stereocenters. The summed E-state index contributed by atoms with van der Waals surface area (Å²) < 4.78 is 27.8. The number of sulfonamides is 1. The minimum Gasteiger partial charge on any atom is -0.206 e. The Kier molecular flexibility index (Phi) is 6.12. The first kappa shape index (κ1) is 15.6. The zero-order valence-corrected chi connectivity index (χ0v) is 14.5. The Morgan fingerprint density at radius 2 is 2.00 bits per heavy atom. The second-order valence-corrected chi connectivity index (χ2v) is 9.22. The van der Waals surface area contributed by atoms with Crippen LogP contribution in [-0.4, -0.2) is 26.3 Å². The van der Waals surface area contributed by atoms with Gasteiger partial charge in [0.1, 0.15) is 4.21 Å². The summed E-state index contributed by atoms with van der Waals surface area (Å²) in [5.41, 5.74) is 0. The van der Waals surface area contributed by atoms with E-state index in [9.17, 15) is 8.42 Å². The van der Waals surface area contributed by atoms with Crippen molar-refractivity contribution in [2.45, 2.75) is 30.4 Å². The van der Waals surface area contributed by atoms with Crippen molar-refractivity contribution in [1.29, 1.82) is 0 Å². The first-order valence-electron chi connectivity index (χ1n) is 5.30. The molecule has 0 aliphatic rings.